The van der Waals surface area contributed by atoms with E-state index in [-0.39, 0.29) is 61.7 Å². The molecule has 0 amide bonds. The van der Waals surface area contributed by atoms with Gasteiger partial charge in [0.2, 0.25) is 0 Å². The molecule has 1 saturated heterocycles. The number of nitrogens with one attached hydrogen (secondary N) is 1. The van der Waals surface area contributed by atoms with Gasteiger partial charge in [0, 0.05) is 24.2 Å². The van der Waals surface area contributed by atoms with Crippen molar-refractivity contribution in [1.29, 1.82) is 0 Å². The normalized spacial score (nSPS) is 15.5. The minimum absolute atomic E-state index is 0.0244. The van der Waals surface area contributed by atoms with Crippen LogP contribution in [0, 0.1) is 19.7 Å². The molecular formula is C35H44FNO7S. The number of ether oxygens (including phenoxy) is 3. The Morgan fingerprint density at radius 1 is 1.04 bits per heavy atom. The van der Waals surface area contributed by atoms with Gasteiger partial charge in [0.15, 0.2) is 9.84 Å². The van der Waals surface area contributed by atoms with Gasteiger partial charge in [-0.05, 0) is 118 Å². The summed E-state index contributed by atoms with van der Waals surface area (Å²) in [4.78, 5) is 11.6. The molecule has 0 aromatic heterocycles. The molecule has 1 fully saturated rings. The Labute approximate surface area is 265 Å². The van der Waals surface area contributed by atoms with Crippen LogP contribution in [-0.4, -0.2) is 55.9 Å². The van der Waals surface area contributed by atoms with Crippen LogP contribution in [0.1, 0.15) is 62.3 Å². The Bertz CT molecular complexity index is 1580. The third-order valence-corrected chi connectivity index (χ3v) is 9.55. The summed E-state index contributed by atoms with van der Waals surface area (Å²) < 4.78 is 55.4. The molecular weight excluding hydrogens is 597 g/mol. The summed E-state index contributed by atoms with van der Waals surface area (Å²) in [5.41, 5.74) is 4.73. The highest BCUT2D eigenvalue weighted by Crippen LogP contribution is 2.38. The van der Waals surface area contributed by atoms with Gasteiger partial charge in [0.05, 0.1) is 24.2 Å². The SMILES string of the molecule is CCOC(=O)CCc1ccc(NCc2ccc(OC(C)C)c(-c3c(C)cc(OCC4(O)CCS(=O)(=O)CC4)cc3C)c2)cc1F. The van der Waals surface area contributed by atoms with Gasteiger partial charge in [-0.25, -0.2) is 12.8 Å². The number of anilines is 1. The van der Waals surface area contributed by atoms with E-state index in [4.69, 9.17) is 14.2 Å². The summed E-state index contributed by atoms with van der Waals surface area (Å²) in [7, 11) is -3.10. The maximum absolute atomic E-state index is 14.7. The molecule has 8 nitrogen and oxygen atoms in total. The van der Waals surface area contributed by atoms with Crippen LogP contribution < -0.4 is 14.8 Å². The molecule has 1 heterocycles. The zero-order valence-corrected chi connectivity index (χ0v) is 27.6. The number of halogens is 1. The number of rotatable bonds is 13. The van der Waals surface area contributed by atoms with Crippen molar-refractivity contribution in [3.63, 3.8) is 0 Å². The van der Waals surface area contributed by atoms with Crippen molar-refractivity contribution in [2.45, 2.75) is 78.6 Å². The highest BCUT2D eigenvalue weighted by Gasteiger charge is 2.36. The van der Waals surface area contributed by atoms with E-state index in [0.717, 1.165) is 33.6 Å². The molecule has 0 radical (unpaired) electrons. The predicted molar refractivity (Wildman–Crippen MR) is 174 cm³/mol. The van der Waals surface area contributed by atoms with Gasteiger partial charge in [0.1, 0.15) is 29.5 Å². The molecule has 1 aliphatic heterocycles. The molecule has 3 aromatic carbocycles. The van der Waals surface area contributed by atoms with Crippen LogP contribution in [0.2, 0.25) is 0 Å². The average Bonchev–Trinajstić information content (AvgIpc) is 2.97. The molecule has 0 spiro atoms. The van der Waals surface area contributed by atoms with Crippen molar-refractivity contribution in [2.75, 3.05) is 30.0 Å². The van der Waals surface area contributed by atoms with Crippen molar-refractivity contribution in [3.8, 4) is 22.6 Å². The van der Waals surface area contributed by atoms with E-state index in [2.05, 4.69) is 11.4 Å². The van der Waals surface area contributed by atoms with Crippen molar-refractivity contribution in [1.82, 2.24) is 0 Å². The van der Waals surface area contributed by atoms with E-state index < -0.39 is 15.4 Å². The van der Waals surface area contributed by atoms with Crippen LogP contribution in [0.4, 0.5) is 10.1 Å². The molecule has 45 heavy (non-hydrogen) atoms. The number of hydrogen-bond acceptors (Lipinski definition) is 8. The second-order valence-corrected chi connectivity index (χ2v) is 14.4. The van der Waals surface area contributed by atoms with Gasteiger partial charge >= 0.3 is 5.97 Å². The predicted octanol–water partition coefficient (Wildman–Crippen LogP) is 6.32. The number of benzene rings is 3. The maximum atomic E-state index is 14.7. The number of aryl methyl sites for hydroxylation is 3. The van der Waals surface area contributed by atoms with Gasteiger partial charge in [-0.1, -0.05) is 12.1 Å². The quantitative estimate of drug-likeness (QED) is 0.209. The average molecular weight is 642 g/mol. The number of aliphatic hydroxyl groups is 1. The lowest BCUT2D eigenvalue weighted by Gasteiger charge is -2.31. The minimum atomic E-state index is -3.10. The molecule has 0 bridgehead atoms. The summed E-state index contributed by atoms with van der Waals surface area (Å²) in [5, 5.41) is 14.2. The fourth-order valence-corrected chi connectivity index (χ4v) is 7.07. The van der Waals surface area contributed by atoms with Gasteiger partial charge in [-0.3, -0.25) is 4.79 Å². The zero-order valence-electron chi connectivity index (χ0n) is 26.7. The molecule has 2 N–H and O–H groups in total. The fourth-order valence-electron chi connectivity index (χ4n) is 5.49. The molecule has 0 aliphatic carbocycles. The molecule has 10 heteroatoms. The lowest BCUT2D eigenvalue weighted by atomic mass is 9.93. The number of hydrogen-bond donors (Lipinski definition) is 2. The zero-order chi connectivity index (χ0) is 32.8. The summed E-state index contributed by atoms with van der Waals surface area (Å²) in [6.07, 6.45) is 0.690. The standard InChI is InChI=1S/C35H44FNO7S/c1-6-42-33(38)12-9-27-8-10-28(20-31(27)36)37-21-26-7-11-32(44-23(2)3)30(19-26)34-24(4)17-29(18-25(34)5)43-22-35(39)13-15-45(40,41)16-14-35/h7-8,10-11,17-20,23,37,39H,6,9,12-16,21-22H2,1-5H3. The summed E-state index contributed by atoms with van der Waals surface area (Å²) >= 11 is 0. The monoisotopic (exact) mass is 641 g/mol. The van der Waals surface area contributed by atoms with E-state index >= 15 is 0 Å². The van der Waals surface area contributed by atoms with Gasteiger partial charge in [-0.15, -0.1) is 0 Å². The van der Waals surface area contributed by atoms with Crippen LogP contribution in [-0.2, 0) is 32.3 Å². The fraction of sp³-hybridized carbons (Fsp3) is 0.457. The summed E-state index contributed by atoms with van der Waals surface area (Å²) in [6, 6.07) is 14.8. The second-order valence-electron chi connectivity index (χ2n) is 12.1. The molecule has 3 aromatic rings. The highest BCUT2D eigenvalue weighted by atomic mass is 32.2. The Morgan fingerprint density at radius 3 is 2.36 bits per heavy atom. The van der Waals surface area contributed by atoms with Gasteiger partial charge in [0.25, 0.3) is 0 Å². The van der Waals surface area contributed by atoms with Crippen molar-refractivity contribution in [2.24, 2.45) is 0 Å². The van der Waals surface area contributed by atoms with Crippen LogP contribution in [0.5, 0.6) is 11.5 Å². The molecule has 0 atom stereocenters. The Kier molecular flexibility index (Phi) is 11.1. The Hall–Kier alpha value is -3.63. The number of esters is 1. The van der Waals surface area contributed by atoms with E-state index in [9.17, 15) is 22.7 Å². The topological polar surface area (TPSA) is 111 Å². The first-order valence-corrected chi connectivity index (χ1v) is 17.2. The minimum Gasteiger partial charge on any atom is -0.491 e. The van der Waals surface area contributed by atoms with E-state index in [1.54, 1.807) is 19.1 Å². The third kappa shape index (κ3) is 9.43. The molecule has 244 valence electrons. The van der Waals surface area contributed by atoms with Crippen LogP contribution in [0.25, 0.3) is 11.1 Å². The Balaban J connectivity index is 1.50. The van der Waals surface area contributed by atoms with Crippen LogP contribution >= 0.6 is 0 Å². The lowest BCUT2D eigenvalue weighted by molar-refractivity contribution is -0.143. The molecule has 0 unspecified atom stereocenters. The first-order valence-electron chi connectivity index (χ1n) is 15.4. The van der Waals surface area contributed by atoms with Gasteiger partial charge in [-0.2, -0.15) is 0 Å². The summed E-state index contributed by atoms with van der Waals surface area (Å²) in [5.74, 6) is 0.552. The largest absolute Gasteiger partial charge is 0.491 e. The highest BCUT2D eigenvalue weighted by molar-refractivity contribution is 7.91. The van der Waals surface area contributed by atoms with E-state index in [1.165, 1.54) is 6.07 Å². The smallest absolute Gasteiger partial charge is 0.306 e. The summed E-state index contributed by atoms with van der Waals surface area (Å²) in [6.45, 7) is 10.5. The third-order valence-electron chi connectivity index (χ3n) is 7.90. The molecule has 0 saturated carbocycles. The number of carbonyl (C=O) groups is 1. The first-order chi connectivity index (χ1) is 21.3. The second kappa shape index (κ2) is 14.6. The van der Waals surface area contributed by atoms with Crippen LogP contribution in [0.3, 0.4) is 0 Å². The first kappa shape index (κ1) is 34.2. The van der Waals surface area contributed by atoms with Gasteiger partial charge < -0.3 is 24.6 Å². The molecule has 1 aliphatic rings. The maximum Gasteiger partial charge on any atom is 0.306 e. The van der Waals surface area contributed by atoms with E-state index in [1.807, 2.05) is 52.0 Å². The van der Waals surface area contributed by atoms with Crippen molar-refractivity contribution >= 4 is 21.5 Å². The number of sulfone groups is 1. The number of carbonyl (C=O) groups excluding carboxylic acids is 1. The van der Waals surface area contributed by atoms with Crippen LogP contribution in [0.15, 0.2) is 48.5 Å². The molecule has 4 rings (SSSR count). The van der Waals surface area contributed by atoms with Crippen molar-refractivity contribution < 1.29 is 36.9 Å². The lowest BCUT2D eigenvalue weighted by Crippen LogP contribution is -2.43. The van der Waals surface area contributed by atoms with Crippen molar-refractivity contribution in [3.05, 3.63) is 76.6 Å². The Morgan fingerprint density at radius 2 is 1.73 bits per heavy atom. The van der Waals surface area contributed by atoms with E-state index in [0.29, 0.717) is 30.2 Å².